The Morgan fingerprint density at radius 1 is 1.07 bits per heavy atom. The van der Waals surface area contributed by atoms with Crippen LogP contribution in [0, 0.1) is 19.8 Å². The average molecular weight is 363 g/mol. The third kappa shape index (κ3) is 3.60. The highest BCUT2D eigenvalue weighted by Crippen LogP contribution is 2.28. The van der Waals surface area contributed by atoms with Gasteiger partial charge in [-0.25, -0.2) is 4.98 Å². The zero-order valence-corrected chi connectivity index (χ0v) is 15.9. The fourth-order valence-corrected chi connectivity index (χ4v) is 3.84. The van der Waals surface area contributed by atoms with Crippen LogP contribution in [0.1, 0.15) is 29.7 Å². The first-order valence-corrected chi connectivity index (χ1v) is 9.51. The molecule has 0 atom stereocenters. The number of piperidine rings is 1. The van der Waals surface area contributed by atoms with Gasteiger partial charge in [0.05, 0.1) is 17.3 Å². The standard InChI is InChI=1S/C22H25N3O2/c1-15-3-6-17(7-4-15)21-19(25-13-16(2)5-8-20(25)23-21)14-24-11-9-18(10-12-24)22(26)27/h3-8,13,18H,9-12,14H2,1-2H3,(H,26,27). The van der Waals surface area contributed by atoms with E-state index in [1.807, 2.05) is 0 Å². The molecule has 5 heteroatoms. The van der Waals surface area contributed by atoms with Gasteiger partial charge in [0.2, 0.25) is 0 Å². The van der Waals surface area contributed by atoms with Gasteiger partial charge in [-0.05, 0) is 51.4 Å². The molecule has 0 spiro atoms. The quantitative estimate of drug-likeness (QED) is 0.763. The fraction of sp³-hybridized carbons (Fsp3) is 0.364. The number of aliphatic carboxylic acids is 1. The second kappa shape index (κ2) is 7.16. The first kappa shape index (κ1) is 17.7. The highest BCUT2D eigenvalue weighted by Gasteiger charge is 2.26. The lowest BCUT2D eigenvalue weighted by Gasteiger charge is -2.30. The van der Waals surface area contributed by atoms with E-state index >= 15 is 0 Å². The summed E-state index contributed by atoms with van der Waals surface area (Å²) in [6, 6.07) is 12.6. The summed E-state index contributed by atoms with van der Waals surface area (Å²) in [7, 11) is 0. The second-order valence-electron chi connectivity index (χ2n) is 7.60. The predicted octanol–water partition coefficient (Wildman–Crippen LogP) is 3.91. The molecular formula is C22H25N3O2. The van der Waals surface area contributed by atoms with Crippen LogP contribution in [-0.2, 0) is 11.3 Å². The number of imidazole rings is 1. The summed E-state index contributed by atoms with van der Waals surface area (Å²) in [5, 5.41) is 9.24. The van der Waals surface area contributed by atoms with Crippen LogP contribution in [0.3, 0.4) is 0 Å². The van der Waals surface area contributed by atoms with Crippen molar-refractivity contribution in [2.24, 2.45) is 5.92 Å². The number of fused-ring (bicyclic) bond motifs is 1. The lowest BCUT2D eigenvalue weighted by Crippen LogP contribution is -2.36. The van der Waals surface area contributed by atoms with Gasteiger partial charge in [0.1, 0.15) is 5.65 Å². The summed E-state index contributed by atoms with van der Waals surface area (Å²) in [5.41, 5.74) is 6.69. The number of hydrogen-bond acceptors (Lipinski definition) is 3. The van der Waals surface area contributed by atoms with Crippen molar-refractivity contribution >= 4 is 11.6 Å². The van der Waals surface area contributed by atoms with E-state index in [1.54, 1.807) is 0 Å². The molecule has 1 aromatic carbocycles. The minimum Gasteiger partial charge on any atom is -0.481 e. The summed E-state index contributed by atoms with van der Waals surface area (Å²) < 4.78 is 2.19. The number of carboxylic acids is 1. The van der Waals surface area contributed by atoms with Gasteiger partial charge in [0.15, 0.2) is 0 Å². The number of carboxylic acid groups (broad SMARTS) is 1. The van der Waals surface area contributed by atoms with Crippen molar-refractivity contribution in [1.82, 2.24) is 14.3 Å². The Hall–Kier alpha value is -2.66. The molecule has 3 aromatic rings. The van der Waals surface area contributed by atoms with E-state index in [4.69, 9.17) is 4.98 Å². The molecule has 140 valence electrons. The van der Waals surface area contributed by atoms with Gasteiger partial charge in [-0.2, -0.15) is 0 Å². The number of likely N-dealkylation sites (tertiary alicyclic amines) is 1. The lowest BCUT2D eigenvalue weighted by atomic mass is 9.97. The van der Waals surface area contributed by atoms with Crippen LogP contribution in [0.25, 0.3) is 16.9 Å². The van der Waals surface area contributed by atoms with Crippen LogP contribution in [-0.4, -0.2) is 38.4 Å². The number of pyridine rings is 1. The van der Waals surface area contributed by atoms with Gasteiger partial charge in [-0.3, -0.25) is 9.69 Å². The third-order valence-corrected chi connectivity index (χ3v) is 5.50. The molecule has 1 fully saturated rings. The molecule has 5 nitrogen and oxygen atoms in total. The van der Waals surface area contributed by atoms with E-state index in [1.165, 1.54) is 16.8 Å². The molecule has 1 saturated heterocycles. The largest absolute Gasteiger partial charge is 0.481 e. The molecule has 2 aromatic heterocycles. The van der Waals surface area contributed by atoms with Crippen LogP contribution >= 0.6 is 0 Å². The Morgan fingerprint density at radius 2 is 1.74 bits per heavy atom. The highest BCUT2D eigenvalue weighted by molar-refractivity contribution is 5.70. The first-order chi connectivity index (χ1) is 13.0. The molecule has 0 unspecified atom stereocenters. The minimum atomic E-state index is -0.666. The van der Waals surface area contributed by atoms with Crippen molar-refractivity contribution in [2.75, 3.05) is 13.1 Å². The number of rotatable bonds is 4. The van der Waals surface area contributed by atoms with Crippen molar-refractivity contribution in [3.8, 4) is 11.3 Å². The van der Waals surface area contributed by atoms with Crippen molar-refractivity contribution in [3.63, 3.8) is 0 Å². The highest BCUT2D eigenvalue weighted by atomic mass is 16.4. The smallest absolute Gasteiger partial charge is 0.306 e. The van der Waals surface area contributed by atoms with E-state index in [-0.39, 0.29) is 5.92 Å². The van der Waals surface area contributed by atoms with Crippen molar-refractivity contribution < 1.29 is 9.90 Å². The maximum Gasteiger partial charge on any atom is 0.306 e. The molecule has 0 radical (unpaired) electrons. The molecule has 1 aliphatic heterocycles. The van der Waals surface area contributed by atoms with E-state index in [2.05, 4.69) is 65.7 Å². The van der Waals surface area contributed by atoms with Crippen LogP contribution in [0.5, 0.6) is 0 Å². The Morgan fingerprint density at radius 3 is 2.41 bits per heavy atom. The SMILES string of the molecule is Cc1ccc(-c2nc3ccc(C)cn3c2CN2CCC(C(=O)O)CC2)cc1. The summed E-state index contributed by atoms with van der Waals surface area (Å²) in [6.07, 6.45) is 3.56. The van der Waals surface area contributed by atoms with Crippen LogP contribution in [0.15, 0.2) is 42.6 Å². The monoisotopic (exact) mass is 363 g/mol. The molecule has 0 amide bonds. The van der Waals surface area contributed by atoms with Crippen molar-refractivity contribution in [2.45, 2.75) is 33.2 Å². The zero-order chi connectivity index (χ0) is 19.0. The molecule has 0 saturated carbocycles. The summed E-state index contributed by atoms with van der Waals surface area (Å²) in [4.78, 5) is 18.5. The molecular weight excluding hydrogens is 338 g/mol. The minimum absolute atomic E-state index is 0.206. The summed E-state index contributed by atoms with van der Waals surface area (Å²) in [5.74, 6) is -0.873. The van der Waals surface area contributed by atoms with E-state index in [0.29, 0.717) is 12.8 Å². The van der Waals surface area contributed by atoms with Crippen molar-refractivity contribution in [1.29, 1.82) is 0 Å². The normalized spacial score (nSPS) is 16.1. The topological polar surface area (TPSA) is 57.8 Å². The molecule has 0 aliphatic carbocycles. The number of carbonyl (C=O) groups is 1. The Balaban J connectivity index is 1.69. The Labute approximate surface area is 159 Å². The van der Waals surface area contributed by atoms with E-state index < -0.39 is 5.97 Å². The number of benzene rings is 1. The van der Waals surface area contributed by atoms with Gasteiger partial charge in [0, 0.05) is 18.3 Å². The van der Waals surface area contributed by atoms with E-state index in [9.17, 15) is 9.90 Å². The molecule has 1 aliphatic rings. The number of hydrogen-bond donors (Lipinski definition) is 1. The first-order valence-electron chi connectivity index (χ1n) is 9.51. The number of aryl methyl sites for hydroxylation is 2. The molecule has 1 N–H and O–H groups in total. The van der Waals surface area contributed by atoms with E-state index in [0.717, 1.165) is 36.5 Å². The Kier molecular flexibility index (Phi) is 4.70. The summed E-state index contributed by atoms with van der Waals surface area (Å²) in [6.45, 7) is 6.57. The molecule has 0 bridgehead atoms. The van der Waals surface area contributed by atoms with Gasteiger partial charge in [-0.15, -0.1) is 0 Å². The fourth-order valence-electron chi connectivity index (χ4n) is 3.84. The Bertz CT molecular complexity index is 967. The van der Waals surface area contributed by atoms with Gasteiger partial charge >= 0.3 is 5.97 Å². The van der Waals surface area contributed by atoms with Crippen LogP contribution in [0.4, 0.5) is 0 Å². The number of aromatic nitrogens is 2. The molecule has 3 heterocycles. The predicted molar refractivity (Wildman–Crippen MR) is 106 cm³/mol. The molecule has 4 rings (SSSR count). The average Bonchev–Trinajstić information content (AvgIpc) is 3.00. The number of nitrogens with zero attached hydrogens (tertiary/aromatic N) is 3. The van der Waals surface area contributed by atoms with Crippen LogP contribution < -0.4 is 0 Å². The second-order valence-corrected chi connectivity index (χ2v) is 7.60. The maximum atomic E-state index is 11.2. The molecule has 27 heavy (non-hydrogen) atoms. The van der Waals surface area contributed by atoms with Gasteiger partial charge in [0.25, 0.3) is 0 Å². The van der Waals surface area contributed by atoms with Gasteiger partial charge in [-0.1, -0.05) is 35.9 Å². The van der Waals surface area contributed by atoms with Gasteiger partial charge < -0.3 is 9.51 Å². The van der Waals surface area contributed by atoms with Crippen molar-refractivity contribution in [3.05, 3.63) is 59.4 Å². The third-order valence-electron chi connectivity index (χ3n) is 5.50. The zero-order valence-electron chi connectivity index (χ0n) is 15.9. The lowest BCUT2D eigenvalue weighted by molar-refractivity contribution is -0.143. The summed E-state index contributed by atoms with van der Waals surface area (Å²) >= 11 is 0. The maximum absolute atomic E-state index is 11.2. The van der Waals surface area contributed by atoms with Crippen LogP contribution in [0.2, 0.25) is 0 Å².